The molecular formula is C27H26O5. The van der Waals surface area contributed by atoms with Gasteiger partial charge in [-0.3, -0.25) is 9.59 Å². The summed E-state index contributed by atoms with van der Waals surface area (Å²) in [6, 6.07) is 20.4. The van der Waals surface area contributed by atoms with Gasteiger partial charge in [-0.05, 0) is 54.4 Å². The summed E-state index contributed by atoms with van der Waals surface area (Å²) in [5.41, 5.74) is 2.73. The van der Waals surface area contributed by atoms with Gasteiger partial charge in [-0.1, -0.05) is 30.3 Å². The SMILES string of the molecule is CCOc1ccc(C(=O)[C@@H]2c3cc(OC)c(OC)cc3C(=O)C[C@@H]2c2ccccc2)cc1. The van der Waals surface area contributed by atoms with E-state index in [2.05, 4.69) is 0 Å². The summed E-state index contributed by atoms with van der Waals surface area (Å²) in [6.45, 7) is 2.48. The highest BCUT2D eigenvalue weighted by Crippen LogP contribution is 2.47. The number of hydrogen-bond donors (Lipinski definition) is 0. The van der Waals surface area contributed by atoms with Gasteiger partial charge in [-0.2, -0.15) is 0 Å². The second kappa shape index (κ2) is 9.27. The lowest BCUT2D eigenvalue weighted by atomic mass is 9.68. The summed E-state index contributed by atoms with van der Waals surface area (Å²) in [4.78, 5) is 27.0. The van der Waals surface area contributed by atoms with Crippen LogP contribution in [0.2, 0.25) is 0 Å². The molecule has 3 aromatic rings. The van der Waals surface area contributed by atoms with Gasteiger partial charge in [0.2, 0.25) is 0 Å². The molecule has 0 saturated heterocycles. The molecule has 0 fully saturated rings. The first-order valence-corrected chi connectivity index (χ1v) is 10.7. The summed E-state index contributed by atoms with van der Waals surface area (Å²) in [5.74, 6) is 0.848. The summed E-state index contributed by atoms with van der Waals surface area (Å²) < 4.78 is 16.4. The monoisotopic (exact) mass is 430 g/mol. The lowest BCUT2D eigenvalue weighted by molar-refractivity contribution is 0.0900. The highest BCUT2D eigenvalue weighted by molar-refractivity contribution is 6.08. The Morgan fingerprint density at radius 3 is 2.22 bits per heavy atom. The van der Waals surface area contributed by atoms with Crippen molar-refractivity contribution >= 4 is 11.6 Å². The van der Waals surface area contributed by atoms with Gasteiger partial charge in [-0.15, -0.1) is 0 Å². The second-order valence-corrected chi connectivity index (χ2v) is 7.74. The van der Waals surface area contributed by atoms with E-state index in [9.17, 15) is 9.59 Å². The maximum atomic E-state index is 13.9. The first kappa shape index (κ1) is 21.6. The molecule has 0 unspecified atom stereocenters. The minimum atomic E-state index is -0.525. The third-order valence-corrected chi connectivity index (χ3v) is 5.96. The third kappa shape index (κ3) is 3.98. The number of methoxy groups -OCH3 is 2. The van der Waals surface area contributed by atoms with Crippen LogP contribution in [0.3, 0.4) is 0 Å². The van der Waals surface area contributed by atoms with Gasteiger partial charge >= 0.3 is 0 Å². The van der Waals surface area contributed by atoms with Crippen LogP contribution in [0.1, 0.15) is 57.0 Å². The Hall–Kier alpha value is -3.60. The Kier molecular flexibility index (Phi) is 6.26. The zero-order valence-electron chi connectivity index (χ0n) is 18.5. The lowest BCUT2D eigenvalue weighted by Crippen LogP contribution is -2.29. The fourth-order valence-electron chi connectivity index (χ4n) is 4.43. The number of rotatable bonds is 7. The van der Waals surface area contributed by atoms with E-state index in [0.29, 0.717) is 40.5 Å². The third-order valence-electron chi connectivity index (χ3n) is 5.96. The van der Waals surface area contributed by atoms with Crippen LogP contribution in [0.15, 0.2) is 66.7 Å². The summed E-state index contributed by atoms with van der Waals surface area (Å²) in [6.07, 6.45) is 0.250. The molecule has 1 aliphatic carbocycles. The molecule has 0 aromatic heterocycles. The summed E-state index contributed by atoms with van der Waals surface area (Å²) >= 11 is 0. The molecule has 0 aliphatic heterocycles. The van der Waals surface area contributed by atoms with Crippen LogP contribution in [0.4, 0.5) is 0 Å². The van der Waals surface area contributed by atoms with Crippen molar-refractivity contribution in [2.24, 2.45) is 0 Å². The fraction of sp³-hybridized carbons (Fsp3) is 0.259. The first-order chi connectivity index (χ1) is 15.6. The molecule has 4 rings (SSSR count). The average molecular weight is 431 g/mol. The Bertz CT molecular complexity index is 1120. The topological polar surface area (TPSA) is 61.8 Å². The molecule has 5 heteroatoms. The minimum Gasteiger partial charge on any atom is -0.494 e. The van der Waals surface area contributed by atoms with Crippen LogP contribution in [0, 0.1) is 0 Å². The standard InChI is InChI=1S/C27H26O5/c1-4-32-19-12-10-18(11-13-19)27(29)26-20(17-8-6-5-7-9-17)14-23(28)21-15-24(30-2)25(31-3)16-22(21)26/h5-13,15-16,20,26H,4,14H2,1-3H3/t20-,26+/m1/s1. The highest BCUT2D eigenvalue weighted by Gasteiger charge is 2.40. The van der Waals surface area contributed by atoms with Gasteiger partial charge in [0, 0.05) is 23.5 Å². The van der Waals surface area contributed by atoms with Crippen LogP contribution in [-0.2, 0) is 0 Å². The number of carbonyl (C=O) groups excluding carboxylic acids is 2. The summed E-state index contributed by atoms with van der Waals surface area (Å²) in [7, 11) is 3.08. The minimum absolute atomic E-state index is 0.00875. The van der Waals surface area contributed by atoms with Crippen molar-refractivity contribution in [1.29, 1.82) is 0 Å². The van der Waals surface area contributed by atoms with Crippen molar-refractivity contribution in [2.75, 3.05) is 20.8 Å². The van der Waals surface area contributed by atoms with E-state index >= 15 is 0 Å². The van der Waals surface area contributed by atoms with E-state index in [0.717, 1.165) is 5.56 Å². The number of Topliss-reactive ketones (excluding diaryl/α,β-unsaturated/α-hetero) is 2. The molecule has 0 heterocycles. The predicted molar refractivity (Wildman–Crippen MR) is 122 cm³/mol. The van der Waals surface area contributed by atoms with Gasteiger partial charge in [-0.25, -0.2) is 0 Å². The van der Waals surface area contributed by atoms with Gasteiger partial charge in [0.05, 0.1) is 26.7 Å². The zero-order chi connectivity index (χ0) is 22.7. The molecular weight excluding hydrogens is 404 g/mol. The average Bonchev–Trinajstić information content (AvgIpc) is 2.84. The van der Waals surface area contributed by atoms with E-state index in [-0.39, 0.29) is 23.9 Å². The van der Waals surface area contributed by atoms with Crippen molar-refractivity contribution in [1.82, 2.24) is 0 Å². The van der Waals surface area contributed by atoms with E-state index in [1.165, 1.54) is 7.11 Å². The number of ether oxygens (including phenoxy) is 3. The lowest BCUT2D eigenvalue weighted by Gasteiger charge is -2.33. The molecule has 3 aromatic carbocycles. The molecule has 0 N–H and O–H groups in total. The molecule has 0 radical (unpaired) electrons. The number of carbonyl (C=O) groups is 2. The normalized spacial score (nSPS) is 17.4. The molecule has 0 bridgehead atoms. The van der Waals surface area contributed by atoms with Gasteiger partial charge in [0.15, 0.2) is 23.1 Å². The van der Waals surface area contributed by atoms with E-state index in [4.69, 9.17) is 14.2 Å². The summed E-state index contributed by atoms with van der Waals surface area (Å²) in [5, 5.41) is 0. The maximum Gasteiger partial charge on any atom is 0.170 e. The molecule has 164 valence electrons. The highest BCUT2D eigenvalue weighted by atomic mass is 16.5. The van der Waals surface area contributed by atoms with Crippen molar-refractivity contribution in [3.63, 3.8) is 0 Å². The van der Waals surface area contributed by atoms with Crippen LogP contribution in [0.25, 0.3) is 0 Å². The number of ketones is 2. The molecule has 0 saturated carbocycles. The number of benzene rings is 3. The largest absolute Gasteiger partial charge is 0.494 e. The molecule has 0 amide bonds. The quantitative estimate of drug-likeness (QED) is 0.467. The van der Waals surface area contributed by atoms with Crippen LogP contribution < -0.4 is 14.2 Å². The van der Waals surface area contributed by atoms with Crippen molar-refractivity contribution in [3.05, 3.63) is 89.0 Å². The van der Waals surface area contributed by atoms with Crippen LogP contribution in [-0.4, -0.2) is 32.4 Å². The Morgan fingerprint density at radius 2 is 1.59 bits per heavy atom. The van der Waals surface area contributed by atoms with Crippen molar-refractivity contribution in [3.8, 4) is 17.2 Å². The maximum absolute atomic E-state index is 13.9. The van der Waals surface area contributed by atoms with E-state index in [1.54, 1.807) is 43.5 Å². The Balaban J connectivity index is 1.85. The molecule has 5 nitrogen and oxygen atoms in total. The smallest absolute Gasteiger partial charge is 0.170 e. The van der Waals surface area contributed by atoms with Gasteiger partial charge in [0.25, 0.3) is 0 Å². The Labute approximate surface area is 187 Å². The molecule has 1 aliphatic rings. The molecule has 0 spiro atoms. The number of hydrogen-bond acceptors (Lipinski definition) is 5. The predicted octanol–water partition coefficient (Wildman–Crippen LogP) is 5.44. The fourth-order valence-corrected chi connectivity index (χ4v) is 4.43. The first-order valence-electron chi connectivity index (χ1n) is 10.7. The van der Waals surface area contributed by atoms with Gasteiger partial charge < -0.3 is 14.2 Å². The van der Waals surface area contributed by atoms with Crippen LogP contribution >= 0.6 is 0 Å². The molecule has 32 heavy (non-hydrogen) atoms. The zero-order valence-corrected chi connectivity index (χ0v) is 18.5. The van der Waals surface area contributed by atoms with Crippen molar-refractivity contribution in [2.45, 2.75) is 25.2 Å². The Morgan fingerprint density at radius 1 is 0.938 bits per heavy atom. The molecule has 2 atom stereocenters. The van der Waals surface area contributed by atoms with Gasteiger partial charge in [0.1, 0.15) is 5.75 Å². The van der Waals surface area contributed by atoms with Crippen LogP contribution in [0.5, 0.6) is 17.2 Å². The van der Waals surface area contributed by atoms with Crippen molar-refractivity contribution < 1.29 is 23.8 Å². The van der Waals surface area contributed by atoms with E-state index in [1.807, 2.05) is 37.3 Å². The number of fused-ring (bicyclic) bond motifs is 1. The second-order valence-electron chi connectivity index (χ2n) is 7.74. The van der Waals surface area contributed by atoms with E-state index < -0.39 is 5.92 Å².